The van der Waals surface area contributed by atoms with Gasteiger partial charge in [-0.1, -0.05) is 49.4 Å². The molecule has 144 valence electrons. The normalized spacial score (nSPS) is 15.5. The van der Waals surface area contributed by atoms with Gasteiger partial charge >= 0.3 is 0 Å². The van der Waals surface area contributed by atoms with E-state index in [0.717, 1.165) is 16.7 Å². The maximum atomic E-state index is 14.2. The summed E-state index contributed by atoms with van der Waals surface area (Å²) >= 11 is 0. The van der Waals surface area contributed by atoms with Gasteiger partial charge in [0.2, 0.25) is 5.82 Å². The number of hydrogen-bond donors (Lipinski definition) is 0. The zero-order chi connectivity index (χ0) is 19.7. The molecule has 2 nitrogen and oxygen atoms in total. The summed E-state index contributed by atoms with van der Waals surface area (Å²) in [6.45, 7) is 2.43. The SMILES string of the molecule is CCc1ccc(OCc2ccc(-c3ccc(C4CO4)c(F)c3)cc2)c(F)c1F. The van der Waals surface area contributed by atoms with Crippen molar-refractivity contribution in [2.75, 3.05) is 6.61 Å². The first-order chi connectivity index (χ1) is 13.6. The van der Waals surface area contributed by atoms with Crippen molar-refractivity contribution in [1.29, 1.82) is 0 Å². The lowest BCUT2D eigenvalue weighted by Crippen LogP contribution is -2.01. The van der Waals surface area contributed by atoms with E-state index in [9.17, 15) is 13.2 Å². The van der Waals surface area contributed by atoms with Crippen molar-refractivity contribution >= 4 is 0 Å². The van der Waals surface area contributed by atoms with Gasteiger partial charge in [-0.25, -0.2) is 8.78 Å². The lowest BCUT2D eigenvalue weighted by Gasteiger charge is -2.10. The summed E-state index contributed by atoms with van der Waals surface area (Å²) in [5.41, 5.74) is 3.32. The molecule has 0 aliphatic carbocycles. The molecule has 1 fully saturated rings. The van der Waals surface area contributed by atoms with Crippen LogP contribution in [0.5, 0.6) is 5.75 Å². The minimum Gasteiger partial charge on any atom is -0.486 e. The van der Waals surface area contributed by atoms with Gasteiger partial charge in [-0.05, 0) is 40.8 Å². The predicted octanol–water partition coefficient (Wildman–Crippen LogP) is 5.98. The molecule has 0 saturated carbocycles. The fourth-order valence-corrected chi connectivity index (χ4v) is 3.11. The van der Waals surface area contributed by atoms with Gasteiger partial charge in [0.1, 0.15) is 18.5 Å². The molecular weight excluding hydrogens is 365 g/mol. The molecule has 0 bridgehead atoms. The Bertz CT molecular complexity index is 995. The second kappa shape index (κ2) is 7.68. The van der Waals surface area contributed by atoms with Crippen LogP contribution in [-0.2, 0) is 17.8 Å². The van der Waals surface area contributed by atoms with Crippen LogP contribution in [0, 0.1) is 17.5 Å². The van der Waals surface area contributed by atoms with Crippen LogP contribution in [0.25, 0.3) is 11.1 Å². The molecule has 4 rings (SSSR count). The average Bonchev–Trinajstić information content (AvgIpc) is 3.55. The predicted molar refractivity (Wildman–Crippen MR) is 101 cm³/mol. The van der Waals surface area contributed by atoms with Crippen molar-refractivity contribution in [2.45, 2.75) is 26.1 Å². The minimum absolute atomic E-state index is 0.106. The van der Waals surface area contributed by atoms with Crippen LogP contribution in [-0.4, -0.2) is 6.61 Å². The number of epoxide rings is 1. The highest BCUT2D eigenvalue weighted by Crippen LogP contribution is 2.33. The molecule has 1 heterocycles. The first-order valence-electron chi connectivity index (χ1n) is 9.17. The molecule has 0 radical (unpaired) electrons. The van der Waals surface area contributed by atoms with Gasteiger partial charge in [0, 0.05) is 5.56 Å². The first-order valence-corrected chi connectivity index (χ1v) is 9.17. The Morgan fingerprint density at radius 2 is 1.64 bits per heavy atom. The van der Waals surface area contributed by atoms with E-state index in [4.69, 9.17) is 9.47 Å². The summed E-state index contributed by atoms with van der Waals surface area (Å²) in [4.78, 5) is 0. The van der Waals surface area contributed by atoms with Crippen LogP contribution >= 0.6 is 0 Å². The summed E-state index contributed by atoms with van der Waals surface area (Å²) in [6, 6.07) is 15.4. The zero-order valence-corrected chi connectivity index (χ0v) is 15.3. The van der Waals surface area contributed by atoms with Crippen molar-refractivity contribution in [3.05, 3.63) is 88.7 Å². The maximum Gasteiger partial charge on any atom is 0.200 e. The van der Waals surface area contributed by atoms with Gasteiger partial charge in [-0.2, -0.15) is 4.39 Å². The Balaban J connectivity index is 1.45. The van der Waals surface area contributed by atoms with Crippen LogP contribution in [0.1, 0.15) is 29.7 Å². The number of benzene rings is 3. The fourth-order valence-electron chi connectivity index (χ4n) is 3.11. The van der Waals surface area contributed by atoms with E-state index in [0.29, 0.717) is 24.2 Å². The third-order valence-electron chi connectivity index (χ3n) is 4.87. The topological polar surface area (TPSA) is 21.8 Å². The van der Waals surface area contributed by atoms with Crippen molar-refractivity contribution in [2.24, 2.45) is 0 Å². The molecule has 0 N–H and O–H groups in total. The van der Waals surface area contributed by atoms with Crippen LogP contribution in [0.15, 0.2) is 54.6 Å². The molecule has 1 unspecified atom stereocenters. The molecule has 0 aromatic heterocycles. The summed E-state index contributed by atoms with van der Waals surface area (Å²) in [6.07, 6.45) is 0.296. The summed E-state index contributed by atoms with van der Waals surface area (Å²) in [7, 11) is 0. The molecule has 1 aliphatic heterocycles. The molecule has 1 aliphatic rings. The zero-order valence-electron chi connectivity index (χ0n) is 15.3. The lowest BCUT2D eigenvalue weighted by molar-refractivity contribution is 0.284. The van der Waals surface area contributed by atoms with E-state index < -0.39 is 11.6 Å². The van der Waals surface area contributed by atoms with Gasteiger partial charge in [0.05, 0.1) is 6.61 Å². The Morgan fingerprint density at radius 1 is 0.929 bits per heavy atom. The molecule has 28 heavy (non-hydrogen) atoms. The van der Waals surface area contributed by atoms with Gasteiger partial charge < -0.3 is 9.47 Å². The van der Waals surface area contributed by atoms with Gasteiger partial charge in [0.15, 0.2) is 11.6 Å². The molecule has 0 spiro atoms. The Labute approximate surface area is 161 Å². The fraction of sp³-hybridized carbons (Fsp3) is 0.217. The Kier molecular flexibility index (Phi) is 5.09. The summed E-state index contributed by atoms with van der Waals surface area (Å²) < 4.78 is 52.6. The van der Waals surface area contributed by atoms with E-state index in [-0.39, 0.29) is 24.3 Å². The van der Waals surface area contributed by atoms with E-state index >= 15 is 0 Å². The summed E-state index contributed by atoms with van der Waals surface area (Å²) in [5.74, 6) is -2.22. The minimum atomic E-state index is -0.967. The lowest BCUT2D eigenvalue weighted by atomic mass is 10.0. The van der Waals surface area contributed by atoms with Crippen molar-refractivity contribution in [3.8, 4) is 16.9 Å². The number of ether oxygens (including phenoxy) is 2. The number of hydrogen-bond acceptors (Lipinski definition) is 2. The van der Waals surface area contributed by atoms with E-state index in [2.05, 4.69) is 0 Å². The Hall–Kier alpha value is -2.79. The number of halogens is 3. The highest BCUT2D eigenvalue weighted by Gasteiger charge is 2.27. The molecule has 1 saturated heterocycles. The Morgan fingerprint density at radius 3 is 2.29 bits per heavy atom. The van der Waals surface area contributed by atoms with Crippen molar-refractivity contribution < 1.29 is 22.6 Å². The molecule has 5 heteroatoms. The van der Waals surface area contributed by atoms with E-state index in [1.807, 2.05) is 30.3 Å². The molecule has 3 aromatic carbocycles. The third kappa shape index (κ3) is 3.76. The van der Waals surface area contributed by atoms with Crippen LogP contribution in [0.3, 0.4) is 0 Å². The first kappa shape index (κ1) is 18.6. The highest BCUT2D eigenvalue weighted by molar-refractivity contribution is 5.64. The molecule has 0 amide bonds. The quantitative estimate of drug-likeness (QED) is 0.488. The smallest absolute Gasteiger partial charge is 0.200 e. The van der Waals surface area contributed by atoms with Crippen molar-refractivity contribution in [1.82, 2.24) is 0 Å². The van der Waals surface area contributed by atoms with Crippen molar-refractivity contribution in [3.63, 3.8) is 0 Å². The molecular formula is C23H19F3O2. The van der Waals surface area contributed by atoms with Crippen LogP contribution in [0.4, 0.5) is 13.2 Å². The number of rotatable bonds is 6. The average molecular weight is 384 g/mol. The van der Waals surface area contributed by atoms with Gasteiger partial charge in [-0.15, -0.1) is 0 Å². The highest BCUT2D eigenvalue weighted by atomic mass is 19.2. The maximum absolute atomic E-state index is 14.2. The third-order valence-corrected chi connectivity index (χ3v) is 4.87. The second-order valence-electron chi connectivity index (χ2n) is 6.75. The van der Waals surface area contributed by atoms with Crippen LogP contribution in [0.2, 0.25) is 0 Å². The monoisotopic (exact) mass is 384 g/mol. The van der Waals surface area contributed by atoms with E-state index in [1.54, 1.807) is 13.0 Å². The van der Waals surface area contributed by atoms with Gasteiger partial charge in [0.25, 0.3) is 0 Å². The standard InChI is InChI=1S/C23H19F3O2/c1-2-15-8-10-20(23(26)22(15)25)27-12-14-3-5-16(6-4-14)17-7-9-18(19(24)11-17)21-13-28-21/h3-11,21H,2,12-13H2,1H3. The largest absolute Gasteiger partial charge is 0.486 e. The molecule has 1 atom stereocenters. The van der Waals surface area contributed by atoms with Crippen LogP contribution < -0.4 is 4.74 Å². The molecule has 3 aromatic rings. The summed E-state index contributed by atoms with van der Waals surface area (Å²) in [5, 5.41) is 0. The van der Waals surface area contributed by atoms with Gasteiger partial charge in [-0.3, -0.25) is 0 Å². The second-order valence-corrected chi connectivity index (χ2v) is 6.75. The van der Waals surface area contributed by atoms with E-state index in [1.165, 1.54) is 18.2 Å². The number of aryl methyl sites for hydroxylation is 1.